The van der Waals surface area contributed by atoms with Crippen molar-refractivity contribution in [3.05, 3.63) is 99.0 Å². The van der Waals surface area contributed by atoms with E-state index in [1.54, 1.807) is 4.90 Å². The molecule has 35 heavy (non-hydrogen) atoms. The third kappa shape index (κ3) is 7.43. The fraction of sp³-hybridized carbons (Fsp3) is 0.310. The van der Waals surface area contributed by atoms with Gasteiger partial charge in [0.1, 0.15) is 11.8 Å². The Balaban J connectivity index is 1.92. The lowest BCUT2D eigenvalue weighted by molar-refractivity contribution is -0.142. The molecule has 0 radical (unpaired) electrons. The molecule has 6 heteroatoms. The second-order valence-corrected chi connectivity index (χ2v) is 9.66. The fourth-order valence-corrected chi connectivity index (χ4v) is 4.50. The van der Waals surface area contributed by atoms with Gasteiger partial charge in [-0.1, -0.05) is 64.5 Å². The molecule has 0 spiro atoms. The highest BCUT2D eigenvalue weighted by molar-refractivity contribution is 9.10. The van der Waals surface area contributed by atoms with E-state index in [0.29, 0.717) is 25.3 Å². The highest BCUT2D eigenvalue weighted by atomic mass is 79.9. The molecule has 0 aromatic heterocycles. The first kappa shape index (κ1) is 26.5. The van der Waals surface area contributed by atoms with Crippen LogP contribution in [0.15, 0.2) is 71.2 Å². The Labute approximate surface area is 216 Å². The van der Waals surface area contributed by atoms with E-state index < -0.39 is 6.04 Å². The van der Waals surface area contributed by atoms with Crippen LogP contribution < -0.4 is 10.1 Å². The summed E-state index contributed by atoms with van der Waals surface area (Å²) >= 11 is 3.51. The predicted molar refractivity (Wildman–Crippen MR) is 143 cm³/mol. The van der Waals surface area contributed by atoms with Gasteiger partial charge in [-0.25, -0.2) is 0 Å². The van der Waals surface area contributed by atoms with Crippen LogP contribution in [0, 0.1) is 20.8 Å². The first-order valence-electron chi connectivity index (χ1n) is 11.8. The summed E-state index contributed by atoms with van der Waals surface area (Å²) in [5, 5.41) is 2.91. The molecule has 1 N–H and O–H groups in total. The average Bonchev–Trinajstić information content (AvgIpc) is 2.83. The molecular weight excluding hydrogens is 504 g/mol. The SMILES string of the molecule is CCNC(=O)C(Cc1ccccc1)N(Cc1cccc(Br)c1)C(=O)COc1cc(C)cc(C)c1C. The van der Waals surface area contributed by atoms with Gasteiger partial charge in [-0.05, 0) is 73.7 Å². The first-order valence-corrected chi connectivity index (χ1v) is 12.6. The number of aryl methyl sites for hydroxylation is 2. The number of likely N-dealkylation sites (N-methyl/N-ethyl adjacent to an activating group) is 1. The highest BCUT2D eigenvalue weighted by Gasteiger charge is 2.30. The molecular formula is C29H33BrN2O3. The second-order valence-electron chi connectivity index (χ2n) is 8.75. The van der Waals surface area contributed by atoms with Crippen LogP contribution in [0.2, 0.25) is 0 Å². The number of benzene rings is 3. The number of hydrogen-bond acceptors (Lipinski definition) is 3. The maximum absolute atomic E-state index is 13.6. The van der Waals surface area contributed by atoms with E-state index in [0.717, 1.165) is 32.3 Å². The Morgan fingerprint density at radius 3 is 2.37 bits per heavy atom. The summed E-state index contributed by atoms with van der Waals surface area (Å²) in [6.45, 7) is 8.53. The number of carbonyl (C=O) groups excluding carboxylic acids is 2. The number of ether oxygens (including phenoxy) is 1. The van der Waals surface area contributed by atoms with Crippen molar-refractivity contribution in [3.63, 3.8) is 0 Å². The van der Waals surface area contributed by atoms with Crippen LogP contribution in [-0.2, 0) is 22.6 Å². The summed E-state index contributed by atoms with van der Waals surface area (Å²) in [4.78, 5) is 28.5. The molecule has 3 aromatic rings. The quantitative estimate of drug-likeness (QED) is 0.370. The Kier molecular flexibility index (Phi) is 9.49. The van der Waals surface area contributed by atoms with Crippen LogP contribution in [0.4, 0.5) is 0 Å². The number of nitrogens with one attached hydrogen (secondary N) is 1. The van der Waals surface area contributed by atoms with Crippen LogP contribution in [0.3, 0.4) is 0 Å². The molecule has 2 amide bonds. The van der Waals surface area contributed by atoms with Crippen LogP contribution in [-0.4, -0.2) is 35.9 Å². The molecule has 0 saturated carbocycles. The topological polar surface area (TPSA) is 58.6 Å². The number of rotatable bonds is 10. The molecule has 1 atom stereocenters. The Morgan fingerprint density at radius 1 is 0.971 bits per heavy atom. The van der Waals surface area contributed by atoms with Crippen molar-refractivity contribution in [1.29, 1.82) is 0 Å². The summed E-state index contributed by atoms with van der Waals surface area (Å²) in [5.74, 6) is 0.272. The van der Waals surface area contributed by atoms with Gasteiger partial charge in [0.05, 0.1) is 0 Å². The van der Waals surface area contributed by atoms with Gasteiger partial charge < -0.3 is 15.0 Å². The number of halogens is 1. The lowest BCUT2D eigenvalue weighted by Gasteiger charge is -2.31. The minimum absolute atomic E-state index is 0.150. The van der Waals surface area contributed by atoms with E-state index >= 15 is 0 Å². The van der Waals surface area contributed by atoms with Crippen LogP contribution in [0.5, 0.6) is 5.75 Å². The van der Waals surface area contributed by atoms with Crippen LogP contribution in [0.1, 0.15) is 34.7 Å². The van der Waals surface area contributed by atoms with Gasteiger partial charge in [-0.2, -0.15) is 0 Å². The van der Waals surface area contributed by atoms with E-state index in [1.807, 2.05) is 88.4 Å². The summed E-state index contributed by atoms with van der Waals surface area (Å²) in [6.07, 6.45) is 0.412. The molecule has 3 rings (SSSR count). The molecule has 1 unspecified atom stereocenters. The van der Waals surface area contributed by atoms with Crippen LogP contribution >= 0.6 is 15.9 Å². The molecule has 5 nitrogen and oxygen atoms in total. The molecule has 0 aliphatic rings. The van der Waals surface area contributed by atoms with Gasteiger partial charge in [0.2, 0.25) is 5.91 Å². The molecule has 184 valence electrons. The first-order chi connectivity index (χ1) is 16.8. The molecule has 3 aromatic carbocycles. The summed E-state index contributed by atoms with van der Waals surface area (Å²) in [5.41, 5.74) is 5.11. The molecule has 0 aliphatic heterocycles. The fourth-order valence-electron chi connectivity index (χ4n) is 4.05. The van der Waals surface area contributed by atoms with Gasteiger partial charge in [0.25, 0.3) is 5.91 Å². The van der Waals surface area contributed by atoms with Crippen molar-refractivity contribution >= 4 is 27.7 Å². The van der Waals surface area contributed by atoms with Gasteiger partial charge >= 0.3 is 0 Å². The van der Waals surface area contributed by atoms with E-state index in [4.69, 9.17) is 4.74 Å². The molecule has 0 heterocycles. The minimum Gasteiger partial charge on any atom is -0.483 e. The van der Waals surface area contributed by atoms with Crippen molar-refractivity contribution in [1.82, 2.24) is 10.2 Å². The zero-order valence-corrected chi connectivity index (χ0v) is 22.4. The smallest absolute Gasteiger partial charge is 0.261 e. The van der Waals surface area contributed by atoms with E-state index in [1.165, 1.54) is 0 Å². The zero-order valence-electron chi connectivity index (χ0n) is 20.8. The lowest BCUT2D eigenvalue weighted by Crippen LogP contribution is -2.51. The molecule has 0 bridgehead atoms. The zero-order chi connectivity index (χ0) is 25.4. The van der Waals surface area contributed by atoms with Gasteiger partial charge in [-0.3, -0.25) is 9.59 Å². The van der Waals surface area contributed by atoms with Gasteiger partial charge in [0, 0.05) is 24.0 Å². The van der Waals surface area contributed by atoms with Gasteiger partial charge in [-0.15, -0.1) is 0 Å². The summed E-state index contributed by atoms with van der Waals surface area (Å²) in [6, 6.07) is 20.9. The second kappa shape index (κ2) is 12.5. The normalized spacial score (nSPS) is 11.6. The summed E-state index contributed by atoms with van der Waals surface area (Å²) < 4.78 is 6.93. The van der Waals surface area contributed by atoms with Crippen molar-refractivity contribution in [2.45, 2.75) is 46.7 Å². The monoisotopic (exact) mass is 536 g/mol. The van der Waals surface area contributed by atoms with Crippen LogP contribution in [0.25, 0.3) is 0 Å². The standard InChI is InChI=1S/C29H33BrN2O3/c1-5-31-29(34)26(17-23-10-7-6-8-11-23)32(18-24-12-9-13-25(30)16-24)28(33)19-35-27-15-20(2)14-21(3)22(27)4/h6-16,26H,5,17-19H2,1-4H3,(H,31,34). The number of amides is 2. The third-order valence-electron chi connectivity index (χ3n) is 5.98. The Bertz CT molecular complexity index is 1160. The average molecular weight is 537 g/mol. The largest absolute Gasteiger partial charge is 0.483 e. The molecule has 0 fully saturated rings. The van der Waals surface area contributed by atoms with Crippen molar-refractivity contribution < 1.29 is 14.3 Å². The number of nitrogens with zero attached hydrogens (tertiary/aromatic N) is 1. The van der Waals surface area contributed by atoms with Crippen molar-refractivity contribution in [2.75, 3.05) is 13.2 Å². The maximum atomic E-state index is 13.6. The van der Waals surface area contributed by atoms with E-state index in [9.17, 15) is 9.59 Å². The van der Waals surface area contributed by atoms with Crippen molar-refractivity contribution in [3.8, 4) is 5.75 Å². The number of carbonyl (C=O) groups is 2. The minimum atomic E-state index is -0.673. The molecule has 0 aliphatic carbocycles. The van der Waals surface area contributed by atoms with E-state index in [2.05, 4.69) is 27.3 Å². The van der Waals surface area contributed by atoms with Gasteiger partial charge in [0.15, 0.2) is 6.61 Å². The predicted octanol–water partition coefficient (Wildman–Crippen LogP) is 5.53. The molecule has 0 saturated heterocycles. The summed E-state index contributed by atoms with van der Waals surface area (Å²) in [7, 11) is 0. The highest BCUT2D eigenvalue weighted by Crippen LogP contribution is 2.24. The lowest BCUT2D eigenvalue weighted by atomic mass is 10.0. The Hall–Kier alpha value is -3.12. The number of hydrogen-bond donors (Lipinski definition) is 1. The van der Waals surface area contributed by atoms with Crippen molar-refractivity contribution in [2.24, 2.45) is 0 Å². The Morgan fingerprint density at radius 2 is 1.69 bits per heavy atom. The van der Waals surface area contributed by atoms with E-state index in [-0.39, 0.29) is 18.4 Å². The third-order valence-corrected chi connectivity index (χ3v) is 6.47. The maximum Gasteiger partial charge on any atom is 0.261 e.